The highest BCUT2D eigenvalue weighted by Gasteiger charge is 2.04. The summed E-state index contributed by atoms with van der Waals surface area (Å²) in [6, 6.07) is 12.6. The minimum absolute atomic E-state index is 0.846. The van der Waals surface area contributed by atoms with E-state index < -0.39 is 0 Å². The van der Waals surface area contributed by atoms with E-state index in [2.05, 4.69) is 75.3 Å². The van der Waals surface area contributed by atoms with Crippen LogP contribution in [0.15, 0.2) is 45.3 Å². The first kappa shape index (κ1) is 13.6. The second-order valence-electron chi connectivity index (χ2n) is 4.35. The summed E-state index contributed by atoms with van der Waals surface area (Å²) in [5, 5.41) is 3.47. The lowest BCUT2D eigenvalue weighted by molar-refractivity contribution is 1.09. The van der Waals surface area contributed by atoms with Crippen LogP contribution in [-0.4, -0.2) is 0 Å². The molecule has 0 fully saturated rings. The molecular weight excluding hydrogens is 354 g/mol. The Hall–Kier alpha value is -0.800. The van der Waals surface area contributed by atoms with Gasteiger partial charge in [-0.2, -0.15) is 0 Å². The van der Waals surface area contributed by atoms with Crippen molar-refractivity contribution in [2.45, 2.75) is 20.4 Å². The van der Waals surface area contributed by atoms with Gasteiger partial charge in [0, 0.05) is 21.2 Å². The zero-order valence-corrected chi connectivity index (χ0v) is 13.6. The summed E-state index contributed by atoms with van der Waals surface area (Å²) < 4.78 is 2.15. The van der Waals surface area contributed by atoms with Gasteiger partial charge in [0.2, 0.25) is 0 Å². The number of aryl methyl sites for hydroxylation is 2. The molecule has 3 heteroatoms. The number of hydrogen-bond acceptors (Lipinski definition) is 1. The fourth-order valence-corrected chi connectivity index (χ4v) is 3.13. The minimum atomic E-state index is 0.846. The Balaban J connectivity index is 2.16. The Bertz CT molecular complexity index is 544. The molecule has 1 nitrogen and oxygen atoms in total. The van der Waals surface area contributed by atoms with E-state index in [0.717, 1.165) is 21.2 Å². The molecule has 0 unspecified atom stereocenters. The molecule has 94 valence electrons. The molecule has 0 atom stereocenters. The quantitative estimate of drug-likeness (QED) is 0.760. The van der Waals surface area contributed by atoms with Crippen molar-refractivity contribution >= 4 is 37.5 Å². The van der Waals surface area contributed by atoms with Gasteiger partial charge in [0.15, 0.2) is 0 Å². The molecule has 0 aromatic heterocycles. The van der Waals surface area contributed by atoms with Crippen LogP contribution >= 0.6 is 31.9 Å². The summed E-state index contributed by atoms with van der Waals surface area (Å²) >= 11 is 7.02. The molecule has 2 aromatic carbocycles. The van der Waals surface area contributed by atoms with Crippen LogP contribution in [0.3, 0.4) is 0 Å². The van der Waals surface area contributed by atoms with Crippen molar-refractivity contribution in [3.63, 3.8) is 0 Å². The predicted octanol–water partition coefficient (Wildman–Crippen LogP) is 5.44. The molecule has 0 aliphatic heterocycles. The van der Waals surface area contributed by atoms with Gasteiger partial charge in [0.1, 0.15) is 0 Å². The van der Waals surface area contributed by atoms with E-state index in [1.54, 1.807) is 0 Å². The van der Waals surface area contributed by atoms with Gasteiger partial charge < -0.3 is 5.32 Å². The van der Waals surface area contributed by atoms with E-state index in [9.17, 15) is 0 Å². The molecule has 1 N–H and O–H groups in total. The summed E-state index contributed by atoms with van der Waals surface area (Å²) in [5.74, 6) is 0. The number of halogens is 2. The zero-order chi connectivity index (χ0) is 13.1. The van der Waals surface area contributed by atoms with Crippen LogP contribution in [-0.2, 0) is 6.54 Å². The van der Waals surface area contributed by atoms with Crippen LogP contribution < -0.4 is 5.32 Å². The van der Waals surface area contributed by atoms with Gasteiger partial charge in [-0.1, -0.05) is 34.1 Å². The molecule has 0 heterocycles. The third-order valence-electron chi connectivity index (χ3n) is 3.03. The van der Waals surface area contributed by atoms with Crippen molar-refractivity contribution in [3.05, 3.63) is 62.0 Å². The smallest absolute Gasteiger partial charge is 0.0488 e. The molecule has 0 bridgehead atoms. The average Bonchev–Trinajstić information content (AvgIpc) is 2.31. The first-order valence-electron chi connectivity index (χ1n) is 5.82. The Morgan fingerprint density at radius 2 is 1.67 bits per heavy atom. The van der Waals surface area contributed by atoms with Gasteiger partial charge in [-0.3, -0.25) is 0 Å². The van der Waals surface area contributed by atoms with E-state index in [-0.39, 0.29) is 0 Å². The van der Waals surface area contributed by atoms with Crippen LogP contribution in [0.2, 0.25) is 0 Å². The van der Waals surface area contributed by atoms with E-state index in [4.69, 9.17) is 0 Å². The minimum Gasteiger partial charge on any atom is -0.380 e. The maximum atomic E-state index is 3.57. The summed E-state index contributed by atoms with van der Waals surface area (Å²) in [4.78, 5) is 0. The highest BCUT2D eigenvalue weighted by Crippen LogP contribution is 2.27. The highest BCUT2D eigenvalue weighted by atomic mass is 79.9. The van der Waals surface area contributed by atoms with Crippen LogP contribution in [0, 0.1) is 13.8 Å². The van der Waals surface area contributed by atoms with Crippen LogP contribution in [0.5, 0.6) is 0 Å². The lowest BCUT2D eigenvalue weighted by Gasteiger charge is -2.13. The van der Waals surface area contributed by atoms with E-state index in [1.807, 2.05) is 12.1 Å². The molecule has 0 aliphatic carbocycles. The van der Waals surface area contributed by atoms with Crippen molar-refractivity contribution in [1.82, 2.24) is 0 Å². The van der Waals surface area contributed by atoms with Crippen LogP contribution in [0.25, 0.3) is 0 Å². The first-order valence-corrected chi connectivity index (χ1v) is 7.40. The number of hydrogen-bond donors (Lipinski definition) is 1. The fraction of sp³-hybridized carbons (Fsp3) is 0.200. The lowest BCUT2D eigenvalue weighted by atomic mass is 10.0. The van der Waals surface area contributed by atoms with Gasteiger partial charge in [-0.05, 0) is 64.7 Å². The van der Waals surface area contributed by atoms with E-state index in [0.29, 0.717) is 0 Å². The van der Waals surface area contributed by atoms with Gasteiger partial charge in [0.25, 0.3) is 0 Å². The van der Waals surface area contributed by atoms with Gasteiger partial charge in [-0.15, -0.1) is 0 Å². The topological polar surface area (TPSA) is 12.0 Å². The molecule has 18 heavy (non-hydrogen) atoms. The SMILES string of the molecule is Cc1cccc(C)c1CNc1ccc(Br)cc1Br. The average molecular weight is 369 g/mol. The lowest BCUT2D eigenvalue weighted by Crippen LogP contribution is -2.03. The van der Waals surface area contributed by atoms with Crippen molar-refractivity contribution in [1.29, 1.82) is 0 Å². The molecule has 0 amide bonds. The molecule has 0 aliphatic rings. The molecule has 2 rings (SSSR count). The van der Waals surface area contributed by atoms with Crippen LogP contribution in [0.1, 0.15) is 16.7 Å². The monoisotopic (exact) mass is 367 g/mol. The predicted molar refractivity (Wildman–Crippen MR) is 85.1 cm³/mol. The van der Waals surface area contributed by atoms with Crippen molar-refractivity contribution in [2.24, 2.45) is 0 Å². The molecular formula is C15H15Br2N. The Morgan fingerprint density at radius 1 is 1.00 bits per heavy atom. The van der Waals surface area contributed by atoms with Crippen molar-refractivity contribution in [3.8, 4) is 0 Å². The number of nitrogens with one attached hydrogen (secondary N) is 1. The maximum absolute atomic E-state index is 3.57. The Labute approximate surface area is 125 Å². The second kappa shape index (κ2) is 5.89. The summed E-state index contributed by atoms with van der Waals surface area (Å²) in [5.41, 5.74) is 5.14. The molecule has 0 saturated carbocycles. The molecule has 2 aromatic rings. The van der Waals surface area contributed by atoms with Crippen molar-refractivity contribution < 1.29 is 0 Å². The maximum Gasteiger partial charge on any atom is 0.0488 e. The third kappa shape index (κ3) is 3.15. The normalized spacial score (nSPS) is 10.4. The van der Waals surface area contributed by atoms with Crippen LogP contribution in [0.4, 0.5) is 5.69 Å². The second-order valence-corrected chi connectivity index (χ2v) is 6.12. The van der Waals surface area contributed by atoms with Gasteiger partial charge >= 0.3 is 0 Å². The fourth-order valence-electron chi connectivity index (χ4n) is 1.94. The molecule has 0 saturated heterocycles. The van der Waals surface area contributed by atoms with E-state index in [1.165, 1.54) is 16.7 Å². The molecule has 0 radical (unpaired) electrons. The Kier molecular flexibility index (Phi) is 4.46. The zero-order valence-electron chi connectivity index (χ0n) is 10.4. The van der Waals surface area contributed by atoms with E-state index >= 15 is 0 Å². The van der Waals surface area contributed by atoms with Gasteiger partial charge in [-0.25, -0.2) is 0 Å². The number of rotatable bonds is 3. The summed E-state index contributed by atoms with van der Waals surface area (Å²) in [6.07, 6.45) is 0. The largest absolute Gasteiger partial charge is 0.380 e. The number of benzene rings is 2. The highest BCUT2D eigenvalue weighted by molar-refractivity contribution is 9.11. The standard InChI is InChI=1S/C15H15Br2N/c1-10-4-3-5-11(2)13(10)9-18-15-7-6-12(16)8-14(15)17/h3-8,18H,9H2,1-2H3. The third-order valence-corrected chi connectivity index (χ3v) is 4.18. The van der Waals surface area contributed by atoms with Crippen molar-refractivity contribution in [2.75, 3.05) is 5.32 Å². The van der Waals surface area contributed by atoms with Gasteiger partial charge in [0.05, 0.1) is 0 Å². The first-order chi connectivity index (χ1) is 8.58. The summed E-state index contributed by atoms with van der Waals surface area (Å²) in [6.45, 7) is 5.15. The Morgan fingerprint density at radius 3 is 2.28 bits per heavy atom. The summed E-state index contributed by atoms with van der Waals surface area (Å²) in [7, 11) is 0. The number of anilines is 1. The molecule has 0 spiro atoms.